The molecule has 0 bridgehead atoms. The number of imide groups is 1. The van der Waals surface area contributed by atoms with Crippen molar-refractivity contribution < 1.29 is 19.5 Å². The molecule has 1 aromatic rings. The molecule has 0 saturated carbocycles. The summed E-state index contributed by atoms with van der Waals surface area (Å²) < 4.78 is 0. The van der Waals surface area contributed by atoms with Gasteiger partial charge in [0.05, 0.1) is 23.5 Å². The Morgan fingerprint density at radius 2 is 2.16 bits per heavy atom. The number of nitrogen functional groups attached to an aromatic ring is 1. The number of rotatable bonds is 2. The van der Waals surface area contributed by atoms with Crippen LogP contribution in [0, 0.1) is 0 Å². The highest BCUT2D eigenvalue weighted by Gasteiger charge is 2.31. The van der Waals surface area contributed by atoms with Crippen LogP contribution in [0.15, 0.2) is 18.2 Å². The van der Waals surface area contributed by atoms with Crippen LogP contribution >= 0.6 is 0 Å². The summed E-state index contributed by atoms with van der Waals surface area (Å²) in [6, 6.07) is 3.65. The van der Waals surface area contributed by atoms with Gasteiger partial charge in [-0.1, -0.05) is 0 Å². The third kappa shape index (κ3) is 2.35. The van der Waals surface area contributed by atoms with Crippen LogP contribution in [0.2, 0.25) is 0 Å². The molecular formula is C12H13N3O4. The number of aromatic carboxylic acids is 1. The molecule has 1 aliphatic rings. The number of nitrogens with two attached hydrogens (primary N) is 1. The van der Waals surface area contributed by atoms with Crippen LogP contribution in [-0.2, 0) is 9.59 Å². The van der Waals surface area contributed by atoms with Gasteiger partial charge in [-0.3, -0.25) is 14.9 Å². The van der Waals surface area contributed by atoms with Gasteiger partial charge in [0.2, 0.25) is 11.8 Å². The molecule has 0 aliphatic carbocycles. The van der Waals surface area contributed by atoms with Gasteiger partial charge < -0.3 is 15.7 Å². The van der Waals surface area contributed by atoms with Crippen LogP contribution in [0.1, 0.15) is 17.3 Å². The molecule has 1 aliphatic heterocycles. The van der Waals surface area contributed by atoms with Crippen molar-refractivity contribution >= 4 is 29.2 Å². The molecule has 19 heavy (non-hydrogen) atoms. The molecule has 7 nitrogen and oxygen atoms in total. The molecule has 1 aromatic carbocycles. The number of nitrogens with one attached hydrogen (secondary N) is 1. The Balaban J connectivity index is 2.38. The minimum absolute atomic E-state index is 0.00350. The van der Waals surface area contributed by atoms with Crippen molar-refractivity contribution in [1.82, 2.24) is 5.32 Å². The lowest BCUT2D eigenvalue weighted by atomic mass is 10.1. The van der Waals surface area contributed by atoms with Gasteiger partial charge in [-0.05, 0) is 25.1 Å². The molecule has 4 N–H and O–H groups in total. The number of carbonyl (C=O) groups excluding carboxylic acids is 2. The summed E-state index contributed by atoms with van der Waals surface area (Å²) in [4.78, 5) is 35.3. The minimum atomic E-state index is -1.08. The quantitative estimate of drug-likeness (QED) is 0.504. The van der Waals surface area contributed by atoms with E-state index in [2.05, 4.69) is 5.32 Å². The topological polar surface area (TPSA) is 113 Å². The SMILES string of the molecule is CC1C(=O)NC(=O)CN1c1ccc(C(=O)O)cc1N. The van der Waals surface area contributed by atoms with Gasteiger partial charge in [-0.25, -0.2) is 4.79 Å². The molecular weight excluding hydrogens is 250 g/mol. The van der Waals surface area contributed by atoms with E-state index in [0.29, 0.717) is 5.69 Å². The Bertz CT molecular complexity index is 570. The highest BCUT2D eigenvalue weighted by atomic mass is 16.4. The first-order valence-corrected chi connectivity index (χ1v) is 5.63. The van der Waals surface area contributed by atoms with Gasteiger partial charge in [-0.2, -0.15) is 0 Å². The van der Waals surface area contributed by atoms with Gasteiger partial charge in [0.25, 0.3) is 0 Å². The zero-order chi connectivity index (χ0) is 14.2. The molecule has 2 rings (SSSR count). The molecule has 0 spiro atoms. The molecule has 1 fully saturated rings. The number of carboxylic acids is 1. The fourth-order valence-electron chi connectivity index (χ4n) is 1.96. The highest BCUT2D eigenvalue weighted by molar-refractivity contribution is 6.05. The maximum absolute atomic E-state index is 11.6. The fourth-order valence-corrected chi connectivity index (χ4v) is 1.96. The fraction of sp³-hybridized carbons (Fsp3) is 0.250. The van der Waals surface area contributed by atoms with E-state index < -0.39 is 23.8 Å². The summed E-state index contributed by atoms with van der Waals surface area (Å²) in [5.74, 6) is -1.90. The summed E-state index contributed by atoms with van der Waals surface area (Å²) in [6.45, 7) is 1.65. The summed E-state index contributed by atoms with van der Waals surface area (Å²) in [5.41, 5.74) is 6.54. The van der Waals surface area contributed by atoms with Crippen molar-refractivity contribution in [3.05, 3.63) is 23.8 Å². The van der Waals surface area contributed by atoms with E-state index in [1.54, 1.807) is 11.8 Å². The second-order valence-corrected chi connectivity index (χ2v) is 4.30. The summed E-state index contributed by atoms with van der Waals surface area (Å²) >= 11 is 0. The lowest BCUT2D eigenvalue weighted by Gasteiger charge is -2.34. The lowest BCUT2D eigenvalue weighted by molar-refractivity contribution is -0.132. The van der Waals surface area contributed by atoms with Crippen molar-refractivity contribution in [2.24, 2.45) is 0 Å². The van der Waals surface area contributed by atoms with E-state index in [-0.39, 0.29) is 17.8 Å². The average Bonchev–Trinajstić information content (AvgIpc) is 2.33. The number of amides is 2. The van der Waals surface area contributed by atoms with E-state index >= 15 is 0 Å². The smallest absolute Gasteiger partial charge is 0.335 e. The van der Waals surface area contributed by atoms with Crippen LogP contribution in [0.3, 0.4) is 0 Å². The lowest BCUT2D eigenvalue weighted by Crippen LogP contribution is -2.57. The molecule has 1 saturated heterocycles. The number of nitrogens with zero attached hydrogens (tertiary/aromatic N) is 1. The zero-order valence-electron chi connectivity index (χ0n) is 10.2. The number of piperazine rings is 1. The standard InChI is InChI=1S/C12H13N3O4/c1-6-11(17)14-10(16)5-15(6)9-3-2-7(12(18)19)4-8(9)13/h2-4,6H,5,13H2,1H3,(H,18,19)(H,14,16,17). The second kappa shape index (κ2) is 4.60. The van der Waals surface area contributed by atoms with E-state index in [9.17, 15) is 14.4 Å². The van der Waals surface area contributed by atoms with Crippen LogP contribution < -0.4 is 16.0 Å². The van der Waals surface area contributed by atoms with Crippen molar-refractivity contribution in [2.45, 2.75) is 13.0 Å². The van der Waals surface area contributed by atoms with Gasteiger partial charge in [0, 0.05) is 0 Å². The Morgan fingerprint density at radius 1 is 1.47 bits per heavy atom. The molecule has 2 amide bonds. The highest BCUT2D eigenvalue weighted by Crippen LogP contribution is 2.27. The van der Waals surface area contributed by atoms with Crippen LogP contribution in [0.25, 0.3) is 0 Å². The summed E-state index contributed by atoms with van der Waals surface area (Å²) in [5, 5.41) is 11.1. The van der Waals surface area contributed by atoms with Crippen LogP contribution in [-0.4, -0.2) is 35.5 Å². The monoisotopic (exact) mass is 263 g/mol. The number of hydrogen-bond donors (Lipinski definition) is 3. The predicted molar refractivity (Wildman–Crippen MR) is 67.8 cm³/mol. The number of carbonyl (C=O) groups is 3. The van der Waals surface area contributed by atoms with Crippen molar-refractivity contribution in [3.8, 4) is 0 Å². The van der Waals surface area contributed by atoms with Crippen LogP contribution in [0.5, 0.6) is 0 Å². The third-order valence-electron chi connectivity index (χ3n) is 3.01. The summed E-state index contributed by atoms with van der Waals surface area (Å²) in [6.07, 6.45) is 0. The predicted octanol–water partition coefficient (Wildman–Crippen LogP) is -0.182. The molecule has 100 valence electrons. The van der Waals surface area contributed by atoms with Crippen LogP contribution in [0.4, 0.5) is 11.4 Å². The Hall–Kier alpha value is -2.57. The number of anilines is 2. The van der Waals surface area contributed by atoms with Crippen molar-refractivity contribution in [2.75, 3.05) is 17.2 Å². The number of hydrogen-bond acceptors (Lipinski definition) is 5. The van der Waals surface area contributed by atoms with E-state index in [1.807, 2.05) is 0 Å². The van der Waals surface area contributed by atoms with Gasteiger partial charge >= 0.3 is 5.97 Å². The van der Waals surface area contributed by atoms with Crippen molar-refractivity contribution in [1.29, 1.82) is 0 Å². The number of benzene rings is 1. The minimum Gasteiger partial charge on any atom is -0.478 e. The van der Waals surface area contributed by atoms with Gasteiger partial charge in [0.1, 0.15) is 6.04 Å². The average molecular weight is 263 g/mol. The molecule has 1 unspecified atom stereocenters. The normalized spacial score (nSPS) is 19.2. The number of carboxylic acid groups (broad SMARTS) is 1. The largest absolute Gasteiger partial charge is 0.478 e. The zero-order valence-corrected chi connectivity index (χ0v) is 10.2. The maximum Gasteiger partial charge on any atom is 0.335 e. The summed E-state index contributed by atoms with van der Waals surface area (Å²) in [7, 11) is 0. The first kappa shape index (κ1) is 12.9. The van der Waals surface area contributed by atoms with E-state index in [1.165, 1.54) is 18.2 Å². The maximum atomic E-state index is 11.6. The molecule has 1 heterocycles. The second-order valence-electron chi connectivity index (χ2n) is 4.30. The first-order valence-electron chi connectivity index (χ1n) is 5.63. The third-order valence-corrected chi connectivity index (χ3v) is 3.01. The Labute approximate surface area is 109 Å². The Kier molecular flexibility index (Phi) is 3.12. The Morgan fingerprint density at radius 3 is 2.74 bits per heavy atom. The van der Waals surface area contributed by atoms with E-state index in [0.717, 1.165) is 0 Å². The molecule has 7 heteroatoms. The molecule has 0 aromatic heterocycles. The molecule has 0 radical (unpaired) electrons. The molecule has 1 atom stereocenters. The van der Waals surface area contributed by atoms with E-state index in [4.69, 9.17) is 10.8 Å². The van der Waals surface area contributed by atoms with Gasteiger partial charge in [0.15, 0.2) is 0 Å². The van der Waals surface area contributed by atoms with Gasteiger partial charge in [-0.15, -0.1) is 0 Å². The first-order chi connectivity index (χ1) is 8.90. The van der Waals surface area contributed by atoms with Crippen molar-refractivity contribution in [3.63, 3.8) is 0 Å².